The zero-order valence-corrected chi connectivity index (χ0v) is 13.2. The first-order valence-electron chi connectivity index (χ1n) is 6.35. The number of benzene rings is 1. The van der Waals surface area contributed by atoms with Gasteiger partial charge in [-0.1, -0.05) is 17.7 Å². The molecule has 2 N–H and O–H groups in total. The Kier molecular flexibility index (Phi) is 4.68. The normalized spacial score (nSPS) is 12.0. The lowest BCUT2D eigenvalue weighted by molar-refractivity contribution is 0.464. The topological polar surface area (TPSA) is 37.2 Å². The van der Waals surface area contributed by atoms with Crippen LogP contribution in [0.5, 0.6) is 0 Å². The maximum absolute atomic E-state index is 6.25. The summed E-state index contributed by atoms with van der Waals surface area (Å²) in [6.45, 7) is 5.99. The van der Waals surface area contributed by atoms with E-state index in [-0.39, 0.29) is 6.04 Å². The summed E-state index contributed by atoms with van der Waals surface area (Å²) < 4.78 is 5.33. The molecule has 0 aliphatic carbocycles. The maximum Gasteiger partial charge on any atom is 0.171 e. The van der Waals surface area contributed by atoms with Crippen LogP contribution in [0.1, 0.15) is 29.9 Å². The van der Waals surface area contributed by atoms with Crippen molar-refractivity contribution in [2.75, 3.05) is 5.32 Å². The number of thiocarbonyl (C=S) groups is 1. The summed E-state index contributed by atoms with van der Waals surface area (Å²) in [4.78, 5) is 0. The summed E-state index contributed by atoms with van der Waals surface area (Å²) in [5, 5.41) is 7.49. The number of hydrogen-bond donors (Lipinski definition) is 2. The van der Waals surface area contributed by atoms with E-state index in [9.17, 15) is 0 Å². The van der Waals surface area contributed by atoms with Crippen molar-refractivity contribution in [3.8, 4) is 0 Å². The van der Waals surface area contributed by atoms with Gasteiger partial charge >= 0.3 is 0 Å². The first-order chi connectivity index (χ1) is 9.47. The minimum atomic E-state index is -0.00506. The predicted octanol–water partition coefficient (Wildman–Crippen LogP) is 4.60. The van der Waals surface area contributed by atoms with E-state index in [1.807, 2.05) is 39.0 Å². The summed E-state index contributed by atoms with van der Waals surface area (Å²) in [5.41, 5.74) is 3.02. The Labute approximate surface area is 129 Å². The first kappa shape index (κ1) is 14.9. The molecule has 106 valence electrons. The Balaban J connectivity index is 2.05. The molecule has 0 aliphatic rings. The molecule has 0 unspecified atom stereocenters. The van der Waals surface area contributed by atoms with Crippen LogP contribution < -0.4 is 10.6 Å². The second kappa shape index (κ2) is 6.29. The lowest BCUT2D eigenvalue weighted by atomic mass is 10.1. The molecule has 0 saturated heterocycles. The predicted molar refractivity (Wildman–Crippen MR) is 87.4 cm³/mol. The van der Waals surface area contributed by atoms with Gasteiger partial charge in [0, 0.05) is 0 Å². The highest BCUT2D eigenvalue weighted by Crippen LogP contribution is 2.27. The van der Waals surface area contributed by atoms with Crippen molar-refractivity contribution in [3.05, 3.63) is 52.4 Å². The second-order valence-electron chi connectivity index (χ2n) is 4.77. The number of furan rings is 1. The Morgan fingerprint density at radius 2 is 2.10 bits per heavy atom. The Morgan fingerprint density at radius 1 is 1.35 bits per heavy atom. The Hall–Kier alpha value is -1.52. The molecular formula is C15H17ClN2OS. The first-order valence-corrected chi connectivity index (χ1v) is 7.13. The third kappa shape index (κ3) is 3.52. The summed E-state index contributed by atoms with van der Waals surface area (Å²) in [7, 11) is 0. The van der Waals surface area contributed by atoms with E-state index in [0.29, 0.717) is 10.1 Å². The van der Waals surface area contributed by atoms with E-state index in [2.05, 4.69) is 16.7 Å². The van der Waals surface area contributed by atoms with E-state index in [4.69, 9.17) is 28.2 Å². The van der Waals surface area contributed by atoms with Crippen molar-refractivity contribution >= 4 is 34.6 Å². The fourth-order valence-electron chi connectivity index (χ4n) is 2.03. The molecule has 0 radical (unpaired) electrons. The molecule has 1 atom stereocenters. The van der Waals surface area contributed by atoms with Gasteiger partial charge < -0.3 is 15.1 Å². The molecule has 1 heterocycles. The van der Waals surface area contributed by atoms with Gasteiger partial charge in [-0.25, -0.2) is 0 Å². The van der Waals surface area contributed by atoms with E-state index in [1.54, 1.807) is 6.26 Å². The van der Waals surface area contributed by atoms with E-state index < -0.39 is 0 Å². The summed E-state index contributed by atoms with van der Waals surface area (Å²) in [5.74, 6) is 0.834. The monoisotopic (exact) mass is 308 g/mol. The number of hydrogen-bond acceptors (Lipinski definition) is 2. The van der Waals surface area contributed by atoms with Gasteiger partial charge in [-0.3, -0.25) is 0 Å². The number of nitrogens with one attached hydrogen (secondary N) is 2. The highest BCUT2D eigenvalue weighted by molar-refractivity contribution is 7.80. The lowest BCUT2D eigenvalue weighted by Gasteiger charge is -2.17. The zero-order valence-electron chi connectivity index (χ0n) is 11.7. The molecule has 0 spiro atoms. The Morgan fingerprint density at radius 3 is 2.70 bits per heavy atom. The molecule has 0 saturated carbocycles. The standard InChI is InChI=1S/C15H17ClN2OS/c1-9-7-10(2)14(12(16)8-9)18-15(20)17-11(3)13-5-4-6-19-13/h4-8,11H,1-3H3,(H2,17,18,20)/t11-/m0/s1. The molecular weight excluding hydrogens is 292 g/mol. The quantitative estimate of drug-likeness (QED) is 0.813. The van der Waals surface area contributed by atoms with Gasteiger partial charge in [0.15, 0.2) is 5.11 Å². The van der Waals surface area contributed by atoms with Gasteiger partial charge in [-0.15, -0.1) is 0 Å². The molecule has 0 bridgehead atoms. The molecule has 20 heavy (non-hydrogen) atoms. The molecule has 2 rings (SSSR count). The van der Waals surface area contributed by atoms with Gasteiger partial charge in [0.05, 0.1) is 23.0 Å². The number of rotatable bonds is 3. The fourth-order valence-corrected chi connectivity index (χ4v) is 2.68. The van der Waals surface area contributed by atoms with Gasteiger partial charge in [0.2, 0.25) is 0 Å². The largest absolute Gasteiger partial charge is 0.467 e. The van der Waals surface area contributed by atoms with Crippen LogP contribution in [-0.2, 0) is 0 Å². The molecule has 5 heteroatoms. The second-order valence-corrected chi connectivity index (χ2v) is 5.59. The van der Waals surface area contributed by atoms with Gasteiger partial charge in [0.1, 0.15) is 5.76 Å². The van der Waals surface area contributed by atoms with Crippen LogP contribution in [0.25, 0.3) is 0 Å². The number of anilines is 1. The van der Waals surface area contributed by atoms with Crippen LogP contribution in [0.15, 0.2) is 34.9 Å². The van der Waals surface area contributed by atoms with Crippen LogP contribution in [-0.4, -0.2) is 5.11 Å². The van der Waals surface area contributed by atoms with Crippen LogP contribution >= 0.6 is 23.8 Å². The van der Waals surface area contributed by atoms with Crippen molar-refractivity contribution in [1.29, 1.82) is 0 Å². The van der Waals surface area contributed by atoms with Crippen LogP contribution in [0, 0.1) is 13.8 Å². The van der Waals surface area contributed by atoms with E-state index >= 15 is 0 Å². The zero-order chi connectivity index (χ0) is 14.7. The van der Waals surface area contributed by atoms with Gasteiger partial charge in [-0.2, -0.15) is 0 Å². The lowest BCUT2D eigenvalue weighted by Crippen LogP contribution is -2.31. The average Bonchev–Trinajstić information content (AvgIpc) is 2.87. The molecule has 0 amide bonds. The third-order valence-corrected chi connectivity index (χ3v) is 3.51. The summed E-state index contributed by atoms with van der Waals surface area (Å²) >= 11 is 11.6. The summed E-state index contributed by atoms with van der Waals surface area (Å²) in [6, 6.07) is 7.73. The minimum absolute atomic E-state index is 0.00506. The molecule has 3 nitrogen and oxygen atoms in total. The fraction of sp³-hybridized carbons (Fsp3) is 0.267. The molecule has 1 aromatic heterocycles. The van der Waals surface area contributed by atoms with Gasteiger partial charge in [-0.05, 0) is 62.3 Å². The highest BCUT2D eigenvalue weighted by Gasteiger charge is 2.11. The van der Waals surface area contributed by atoms with Crippen molar-refractivity contribution in [2.45, 2.75) is 26.8 Å². The van der Waals surface area contributed by atoms with Crippen molar-refractivity contribution < 1.29 is 4.42 Å². The number of aryl methyl sites for hydroxylation is 2. The number of halogens is 1. The molecule has 0 fully saturated rings. The Bertz CT molecular complexity index is 587. The molecule has 0 aliphatic heterocycles. The van der Waals surface area contributed by atoms with E-state index in [0.717, 1.165) is 22.6 Å². The smallest absolute Gasteiger partial charge is 0.171 e. The van der Waals surface area contributed by atoms with Crippen LogP contribution in [0.4, 0.5) is 5.69 Å². The van der Waals surface area contributed by atoms with Gasteiger partial charge in [0.25, 0.3) is 0 Å². The SMILES string of the molecule is Cc1cc(C)c(NC(=S)N[C@@H](C)c2ccco2)c(Cl)c1. The van der Waals surface area contributed by atoms with Crippen LogP contribution in [0.2, 0.25) is 5.02 Å². The molecule has 2 aromatic rings. The highest BCUT2D eigenvalue weighted by atomic mass is 35.5. The third-order valence-electron chi connectivity index (χ3n) is 2.99. The van der Waals surface area contributed by atoms with Crippen molar-refractivity contribution in [2.24, 2.45) is 0 Å². The van der Waals surface area contributed by atoms with Crippen LogP contribution in [0.3, 0.4) is 0 Å². The van der Waals surface area contributed by atoms with Crippen molar-refractivity contribution in [1.82, 2.24) is 5.32 Å². The molecule has 1 aromatic carbocycles. The van der Waals surface area contributed by atoms with Crippen molar-refractivity contribution in [3.63, 3.8) is 0 Å². The minimum Gasteiger partial charge on any atom is -0.467 e. The summed E-state index contributed by atoms with van der Waals surface area (Å²) in [6.07, 6.45) is 1.64. The average molecular weight is 309 g/mol. The van der Waals surface area contributed by atoms with E-state index in [1.165, 1.54) is 0 Å². The maximum atomic E-state index is 6.25.